The number of carbonyl (C=O) groups excluding carboxylic acids is 1. The van der Waals surface area contributed by atoms with Crippen molar-refractivity contribution in [2.45, 2.75) is 37.2 Å². The summed E-state index contributed by atoms with van der Waals surface area (Å²) in [5.41, 5.74) is 0.184. The zero-order valence-electron chi connectivity index (χ0n) is 12.7. The topological polar surface area (TPSA) is 64.6 Å². The van der Waals surface area contributed by atoms with Crippen LogP contribution in [0.2, 0.25) is 0 Å². The Labute approximate surface area is 129 Å². The van der Waals surface area contributed by atoms with Crippen LogP contribution in [0.25, 0.3) is 0 Å². The van der Waals surface area contributed by atoms with Crippen LogP contribution in [-0.4, -0.2) is 59.3 Å². The van der Waals surface area contributed by atoms with Crippen molar-refractivity contribution in [1.82, 2.24) is 14.9 Å². The van der Waals surface area contributed by atoms with Crippen LogP contribution >= 0.6 is 0 Å². The lowest BCUT2D eigenvalue weighted by molar-refractivity contribution is -0.160. The molecular formula is C16H21N3O3. The van der Waals surface area contributed by atoms with Crippen LogP contribution in [0.4, 0.5) is 0 Å². The van der Waals surface area contributed by atoms with E-state index in [4.69, 9.17) is 9.47 Å². The number of ether oxygens (including phenoxy) is 2. The van der Waals surface area contributed by atoms with E-state index >= 15 is 0 Å². The van der Waals surface area contributed by atoms with Crippen LogP contribution in [0.15, 0.2) is 12.3 Å². The molecule has 0 N–H and O–H groups in total. The van der Waals surface area contributed by atoms with Crippen molar-refractivity contribution in [3.8, 4) is 0 Å². The lowest BCUT2D eigenvalue weighted by Gasteiger charge is -2.44. The number of nitrogens with zero attached hydrogens (tertiary/aromatic N) is 3. The van der Waals surface area contributed by atoms with Crippen molar-refractivity contribution in [2.24, 2.45) is 0 Å². The van der Waals surface area contributed by atoms with Gasteiger partial charge in [0.1, 0.15) is 17.1 Å². The quantitative estimate of drug-likeness (QED) is 0.826. The molecule has 6 heteroatoms. The second-order valence-electron chi connectivity index (χ2n) is 6.49. The SMILES string of the molecule is O=C(c1ccnc(C2CC2)n1)N1CCO[C@]2(CCCOC2)C1. The van der Waals surface area contributed by atoms with Crippen LogP contribution < -0.4 is 0 Å². The number of rotatable bonds is 2. The minimum Gasteiger partial charge on any atom is -0.378 e. The maximum Gasteiger partial charge on any atom is 0.272 e. The smallest absolute Gasteiger partial charge is 0.272 e. The summed E-state index contributed by atoms with van der Waals surface area (Å²) in [5, 5.41) is 0. The summed E-state index contributed by atoms with van der Waals surface area (Å²) in [4.78, 5) is 23.4. The predicted molar refractivity (Wildman–Crippen MR) is 78.6 cm³/mol. The Kier molecular flexibility index (Phi) is 3.58. The van der Waals surface area contributed by atoms with Gasteiger partial charge in [0.15, 0.2) is 0 Å². The maximum atomic E-state index is 12.8. The van der Waals surface area contributed by atoms with E-state index in [0.717, 1.165) is 38.1 Å². The van der Waals surface area contributed by atoms with Crippen molar-refractivity contribution in [3.05, 3.63) is 23.8 Å². The fraction of sp³-hybridized carbons (Fsp3) is 0.688. The summed E-state index contributed by atoms with van der Waals surface area (Å²) in [6, 6.07) is 1.72. The fourth-order valence-corrected chi connectivity index (χ4v) is 3.28. The summed E-state index contributed by atoms with van der Waals surface area (Å²) >= 11 is 0. The first-order chi connectivity index (χ1) is 10.8. The number of hydrogen-bond acceptors (Lipinski definition) is 5. The summed E-state index contributed by atoms with van der Waals surface area (Å²) in [6.45, 7) is 3.14. The molecule has 3 heterocycles. The predicted octanol–water partition coefficient (Wildman–Crippen LogP) is 1.38. The molecular weight excluding hydrogens is 282 g/mol. The van der Waals surface area contributed by atoms with Gasteiger partial charge in [-0.25, -0.2) is 9.97 Å². The molecule has 1 atom stereocenters. The zero-order valence-corrected chi connectivity index (χ0v) is 12.7. The van der Waals surface area contributed by atoms with E-state index in [1.54, 1.807) is 12.3 Å². The first-order valence-corrected chi connectivity index (χ1v) is 8.10. The first-order valence-electron chi connectivity index (χ1n) is 8.10. The van der Waals surface area contributed by atoms with E-state index in [-0.39, 0.29) is 11.5 Å². The van der Waals surface area contributed by atoms with Crippen molar-refractivity contribution in [2.75, 3.05) is 32.9 Å². The lowest BCUT2D eigenvalue weighted by Crippen LogP contribution is -2.57. The molecule has 1 aliphatic carbocycles. The molecule has 1 aromatic heterocycles. The molecule has 2 aliphatic heterocycles. The molecule has 4 rings (SSSR count). The average molecular weight is 303 g/mol. The summed E-state index contributed by atoms with van der Waals surface area (Å²) in [7, 11) is 0. The van der Waals surface area contributed by atoms with Gasteiger partial charge >= 0.3 is 0 Å². The molecule has 6 nitrogen and oxygen atoms in total. The summed E-state index contributed by atoms with van der Waals surface area (Å²) in [6.07, 6.45) is 5.91. The van der Waals surface area contributed by atoms with Gasteiger partial charge in [-0.05, 0) is 31.7 Å². The molecule has 3 aliphatic rings. The zero-order chi connectivity index (χ0) is 15.0. The number of hydrogen-bond donors (Lipinski definition) is 0. The standard InChI is InChI=1S/C16H21N3O3/c20-15(13-4-6-17-14(18-13)12-2-3-12)19-7-9-22-16(10-19)5-1-8-21-11-16/h4,6,12H,1-3,5,7-11H2/t16-/m1/s1. The van der Waals surface area contributed by atoms with Crippen LogP contribution in [-0.2, 0) is 9.47 Å². The Morgan fingerprint density at radius 2 is 2.27 bits per heavy atom. The van der Waals surface area contributed by atoms with Crippen molar-refractivity contribution < 1.29 is 14.3 Å². The normalized spacial score (nSPS) is 28.8. The highest BCUT2D eigenvalue weighted by Gasteiger charge is 2.40. The third-order valence-corrected chi connectivity index (χ3v) is 4.66. The fourth-order valence-electron chi connectivity index (χ4n) is 3.28. The molecule has 0 aromatic carbocycles. The monoisotopic (exact) mass is 303 g/mol. The van der Waals surface area contributed by atoms with Gasteiger partial charge in [-0.2, -0.15) is 0 Å². The first kappa shape index (κ1) is 14.1. The van der Waals surface area contributed by atoms with E-state index in [0.29, 0.717) is 37.9 Å². The molecule has 0 radical (unpaired) electrons. The Morgan fingerprint density at radius 3 is 3.05 bits per heavy atom. The molecule has 1 saturated carbocycles. The van der Waals surface area contributed by atoms with Gasteiger partial charge in [-0.1, -0.05) is 0 Å². The molecule has 22 heavy (non-hydrogen) atoms. The van der Waals surface area contributed by atoms with E-state index in [1.807, 2.05) is 4.90 Å². The molecule has 1 spiro atoms. The van der Waals surface area contributed by atoms with Crippen LogP contribution in [0, 0.1) is 0 Å². The third-order valence-electron chi connectivity index (χ3n) is 4.66. The molecule has 3 fully saturated rings. The molecule has 1 amide bonds. The number of morpholine rings is 1. The van der Waals surface area contributed by atoms with Gasteiger partial charge in [0, 0.05) is 25.3 Å². The molecule has 1 aromatic rings. The largest absolute Gasteiger partial charge is 0.378 e. The highest BCUT2D eigenvalue weighted by molar-refractivity contribution is 5.92. The molecule has 2 saturated heterocycles. The van der Waals surface area contributed by atoms with Gasteiger partial charge in [0.05, 0.1) is 19.8 Å². The second kappa shape index (κ2) is 5.59. The number of amides is 1. The second-order valence-corrected chi connectivity index (χ2v) is 6.49. The van der Waals surface area contributed by atoms with Gasteiger partial charge < -0.3 is 14.4 Å². The summed E-state index contributed by atoms with van der Waals surface area (Å²) < 4.78 is 11.5. The highest BCUT2D eigenvalue weighted by Crippen LogP contribution is 2.37. The Balaban J connectivity index is 1.50. The highest BCUT2D eigenvalue weighted by atomic mass is 16.5. The van der Waals surface area contributed by atoms with Gasteiger partial charge in [-0.15, -0.1) is 0 Å². The number of aromatic nitrogens is 2. The van der Waals surface area contributed by atoms with Crippen LogP contribution in [0.5, 0.6) is 0 Å². The van der Waals surface area contributed by atoms with Crippen LogP contribution in [0.1, 0.15) is 47.9 Å². The minimum absolute atomic E-state index is 0.0162. The molecule has 0 bridgehead atoms. The third kappa shape index (κ3) is 2.73. The maximum absolute atomic E-state index is 12.8. The van der Waals surface area contributed by atoms with Crippen LogP contribution in [0.3, 0.4) is 0 Å². The van der Waals surface area contributed by atoms with Gasteiger partial charge in [0.2, 0.25) is 0 Å². The molecule has 118 valence electrons. The minimum atomic E-state index is -0.321. The van der Waals surface area contributed by atoms with Gasteiger partial charge in [0.25, 0.3) is 5.91 Å². The van der Waals surface area contributed by atoms with Crippen molar-refractivity contribution in [1.29, 1.82) is 0 Å². The Bertz CT molecular complexity index is 562. The lowest BCUT2D eigenvalue weighted by atomic mass is 9.94. The van der Waals surface area contributed by atoms with E-state index in [9.17, 15) is 4.79 Å². The Hall–Kier alpha value is -1.53. The number of carbonyl (C=O) groups is 1. The summed E-state index contributed by atoms with van der Waals surface area (Å²) in [5.74, 6) is 1.25. The van der Waals surface area contributed by atoms with Crippen molar-refractivity contribution >= 4 is 5.91 Å². The van der Waals surface area contributed by atoms with Gasteiger partial charge in [-0.3, -0.25) is 4.79 Å². The molecule has 0 unspecified atom stereocenters. The van der Waals surface area contributed by atoms with E-state index in [2.05, 4.69) is 9.97 Å². The average Bonchev–Trinajstić information content (AvgIpc) is 3.40. The van der Waals surface area contributed by atoms with E-state index < -0.39 is 0 Å². The van der Waals surface area contributed by atoms with E-state index in [1.165, 1.54) is 0 Å². The Morgan fingerprint density at radius 1 is 1.36 bits per heavy atom. The van der Waals surface area contributed by atoms with Crippen molar-refractivity contribution in [3.63, 3.8) is 0 Å².